The zero-order chi connectivity index (χ0) is 19.9. The molecule has 6 nitrogen and oxygen atoms in total. The fraction of sp³-hybridized carbons (Fsp3) is 0.0909. The lowest BCUT2D eigenvalue weighted by Crippen LogP contribution is -2.29. The Labute approximate surface area is 163 Å². The molecule has 0 heterocycles. The van der Waals surface area contributed by atoms with Crippen LogP contribution in [0.2, 0.25) is 0 Å². The normalized spacial score (nSPS) is 10.1. The minimum Gasteiger partial charge on any atom is -0.455 e. The van der Waals surface area contributed by atoms with E-state index in [2.05, 4.69) is 10.6 Å². The summed E-state index contributed by atoms with van der Waals surface area (Å²) >= 11 is 0. The van der Waals surface area contributed by atoms with Gasteiger partial charge in [0.05, 0.1) is 5.69 Å². The van der Waals surface area contributed by atoms with Gasteiger partial charge in [-0.25, -0.2) is 0 Å². The number of rotatable bonds is 5. The molecule has 0 unspecified atom stereocenters. The lowest BCUT2D eigenvalue weighted by Gasteiger charge is -2.13. The molecule has 0 atom stereocenters. The van der Waals surface area contributed by atoms with Gasteiger partial charge in [-0.2, -0.15) is 0 Å². The fourth-order valence-corrected chi connectivity index (χ4v) is 2.48. The van der Waals surface area contributed by atoms with E-state index in [0.29, 0.717) is 22.9 Å². The minimum atomic E-state index is -0.777. The van der Waals surface area contributed by atoms with E-state index in [-0.39, 0.29) is 0 Å². The van der Waals surface area contributed by atoms with Crippen molar-refractivity contribution in [1.82, 2.24) is 0 Å². The molecule has 2 N–H and O–H groups in total. The predicted molar refractivity (Wildman–Crippen MR) is 111 cm³/mol. The number of benzene rings is 3. The van der Waals surface area contributed by atoms with Crippen LogP contribution < -0.4 is 20.3 Å². The first-order valence-corrected chi connectivity index (χ1v) is 8.74. The van der Waals surface area contributed by atoms with Gasteiger partial charge in [0.2, 0.25) is 0 Å². The van der Waals surface area contributed by atoms with Crippen LogP contribution in [-0.2, 0) is 9.59 Å². The Morgan fingerprint density at radius 3 is 2.04 bits per heavy atom. The van der Waals surface area contributed by atoms with Gasteiger partial charge < -0.3 is 20.3 Å². The van der Waals surface area contributed by atoms with Gasteiger partial charge in [0.15, 0.2) is 5.75 Å². The minimum absolute atomic E-state index is 0.412. The summed E-state index contributed by atoms with van der Waals surface area (Å²) in [6.45, 7) is 0. The third-order valence-corrected chi connectivity index (χ3v) is 3.95. The van der Waals surface area contributed by atoms with Crippen molar-refractivity contribution >= 4 is 28.9 Å². The Morgan fingerprint density at radius 2 is 1.36 bits per heavy atom. The van der Waals surface area contributed by atoms with Gasteiger partial charge in [-0.1, -0.05) is 30.3 Å². The zero-order valence-corrected chi connectivity index (χ0v) is 15.7. The van der Waals surface area contributed by atoms with Crippen LogP contribution >= 0.6 is 0 Å². The quantitative estimate of drug-likeness (QED) is 0.658. The smallest absolute Gasteiger partial charge is 0.314 e. The largest absolute Gasteiger partial charge is 0.455 e. The molecule has 0 aromatic heterocycles. The van der Waals surface area contributed by atoms with Crippen molar-refractivity contribution in [2.75, 3.05) is 29.6 Å². The predicted octanol–water partition coefficient (Wildman–Crippen LogP) is 4.12. The Bertz CT molecular complexity index is 954. The first-order valence-electron chi connectivity index (χ1n) is 8.74. The maximum atomic E-state index is 12.3. The van der Waals surface area contributed by atoms with E-state index in [4.69, 9.17) is 4.74 Å². The molecule has 28 heavy (non-hydrogen) atoms. The summed E-state index contributed by atoms with van der Waals surface area (Å²) in [5.74, 6) is -0.451. The van der Waals surface area contributed by atoms with Crippen molar-refractivity contribution in [2.45, 2.75) is 0 Å². The highest BCUT2D eigenvalue weighted by Gasteiger charge is 2.16. The van der Waals surface area contributed by atoms with Crippen LogP contribution in [0.5, 0.6) is 11.5 Å². The first-order chi connectivity index (χ1) is 13.5. The monoisotopic (exact) mass is 375 g/mol. The second kappa shape index (κ2) is 8.73. The number of amides is 2. The van der Waals surface area contributed by atoms with E-state index in [1.165, 1.54) is 0 Å². The van der Waals surface area contributed by atoms with Crippen molar-refractivity contribution in [3.63, 3.8) is 0 Å². The van der Waals surface area contributed by atoms with Crippen molar-refractivity contribution < 1.29 is 14.3 Å². The summed E-state index contributed by atoms with van der Waals surface area (Å²) in [6, 6.07) is 23.4. The molecule has 0 spiro atoms. The zero-order valence-electron chi connectivity index (χ0n) is 15.7. The van der Waals surface area contributed by atoms with E-state index in [1.807, 2.05) is 61.5 Å². The van der Waals surface area contributed by atoms with Crippen LogP contribution in [0.15, 0.2) is 78.9 Å². The lowest BCUT2D eigenvalue weighted by molar-refractivity contribution is -0.133. The van der Waals surface area contributed by atoms with Gasteiger partial charge in [0, 0.05) is 25.5 Å². The molecule has 0 aliphatic rings. The molecular weight excluding hydrogens is 354 g/mol. The number of ether oxygens (including phenoxy) is 1. The first kappa shape index (κ1) is 19.0. The number of anilines is 3. The van der Waals surface area contributed by atoms with Gasteiger partial charge in [-0.05, 0) is 48.5 Å². The summed E-state index contributed by atoms with van der Waals surface area (Å²) in [5.41, 5.74) is 1.95. The summed E-state index contributed by atoms with van der Waals surface area (Å²) in [7, 11) is 3.85. The summed E-state index contributed by atoms with van der Waals surface area (Å²) in [4.78, 5) is 26.5. The highest BCUT2D eigenvalue weighted by atomic mass is 16.5. The van der Waals surface area contributed by atoms with Gasteiger partial charge in [0.25, 0.3) is 0 Å². The van der Waals surface area contributed by atoms with Gasteiger partial charge in [-0.3, -0.25) is 9.59 Å². The third kappa shape index (κ3) is 4.88. The summed E-state index contributed by atoms with van der Waals surface area (Å²) < 4.78 is 5.79. The van der Waals surface area contributed by atoms with Crippen LogP contribution in [0, 0.1) is 0 Å². The molecule has 6 heteroatoms. The maximum absolute atomic E-state index is 12.3. The Kier molecular flexibility index (Phi) is 5.91. The number of carbonyl (C=O) groups is 2. The van der Waals surface area contributed by atoms with Crippen LogP contribution in [0.4, 0.5) is 17.1 Å². The van der Waals surface area contributed by atoms with E-state index in [1.54, 1.807) is 36.4 Å². The molecule has 2 amide bonds. The van der Waals surface area contributed by atoms with E-state index < -0.39 is 11.8 Å². The molecule has 3 rings (SSSR count). The van der Waals surface area contributed by atoms with Gasteiger partial charge >= 0.3 is 11.8 Å². The van der Waals surface area contributed by atoms with Crippen molar-refractivity contribution in [3.8, 4) is 11.5 Å². The average Bonchev–Trinajstić information content (AvgIpc) is 2.70. The van der Waals surface area contributed by atoms with Crippen LogP contribution in [0.3, 0.4) is 0 Å². The SMILES string of the molecule is CN(C)c1ccc(NC(=O)C(=O)Nc2ccccc2Oc2ccccc2)cc1. The van der Waals surface area contributed by atoms with Crippen LogP contribution in [0.25, 0.3) is 0 Å². The molecule has 0 saturated heterocycles. The average molecular weight is 375 g/mol. The van der Waals surface area contributed by atoms with E-state index >= 15 is 0 Å². The number of nitrogens with one attached hydrogen (secondary N) is 2. The second-order valence-corrected chi connectivity index (χ2v) is 6.26. The highest BCUT2D eigenvalue weighted by Crippen LogP contribution is 2.29. The number of carbonyl (C=O) groups excluding carboxylic acids is 2. The molecule has 3 aromatic rings. The number of para-hydroxylation sites is 3. The highest BCUT2D eigenvalue weighted by molar-refractivity contribution is 6.43. The standard InChI is InChI=1S/C22H21N3O3/c1-25(2)17-14-12-16(13-15-17)23-21(26)22(27)24-19-10-6-7-11-20(19)28-18-8-4-3-5-9-18/h3-15H,1-2H3,(H,23,26)(H,24,27). The van der Waals surface area contributed by atoms with Crippen LogP contribution in [0.1, 0.15) is 0 Å². The third-order valence-electron chi connectivity index (χ3n) is 3.95. The molecule has 0 aliphatic carbocycles. The molecular formula is C22H21N3O3. The molecule has 0 saturated carbocycles. The summed E-state index contributed by atoms with van der Waals surface area (Å²) in [5, 5.41) is 5.18. The summed E-state index contributed by atoms with van der Waals surface area (Å²) in [6.07, 6.45) is 0. The van der Waals surface area contributed by atoms with E-state index in [9.17, 15) is 9.59 Å². The van der Waals surface area contributed by atoms with Crippen molar-refractivity contribution in [2.24, 2.45) is 0 Å². The second-order valence-electron chi connectivity index (χ2n) is 6.26. The van der Waals surface area contributed by atoms with Crippen molar-refractivity contribution in [3.05, 3.63) is 78.9 Å². The molecule has 142 valence electrons. The lowest BCUT2D eigenvalue weighted by atomic mass is 10.2. The molecule has 3 aromatic carbocycles. The topological polar surface area (TPSA) is 70.7 Å². The molecule has 0 radical (unpaired) electrons. The van der Waals surface area contributed by atoms with Crippen molar-refractivity contribution in [1.29, 1.82) is 0 Å². The van der Waals surface area contributed by atoms with Gasteiger partial charge in [-0.15, -0.1) is 0 Å². The Hall–Kier alpha value is -3.80. The van der Waals surface area contributed by atoms with Crippen LogP contribution in [-0.4, -0.2) is 25.9 Å². The molecule has 0 fully saturated rings. The van der Waals surface area contributed by atoms with E-state index in [0.717, 1.165) is 5.69 Å². The maximum Gasteiger partial charge on any atom is 0.314 e. The fourth-order valence-electron chi connectivity index (χ4n) is 2.48. The Morgan fingerprint density at radius 1 is 0.750 bits per heavy atom. The number of hydrogen-bond donors (Lipinski definition) is 2. The molecule has 0 bridgehead atoms. The Balaban J connectivity index is 1.66. The molecule has 0 aliphatic heterocycles. The van der Waals surface area contributed by atoms with Gasteiger partial charge in [0.1, 0.15) is 5.75 Å². The number of nitrogens with zero attached hydrogens (tertiary/aromatic N) is 1. The number of hydrogen-bond acceptors (Lipinski definition) is 4.